The summed E-state index contributed by atoms with van der Waals surface area (Å²) in [4.78, 5) is 19.6. The summed E-state index contributed by atoms with van der Waals surface area (Å²) in [7, 11) is 0. The molecular weight excluding hydrogens is 501 g/mol. The Morgan fingerprint density at radius 3 is 2.61 bits per heavy atom. The Balaban J connectivity index is 1.19. The lowest BCUT2D eigenvalue weighted by Gasteiger charge is -2.43. The number of hydrogen-bond donors (Lipinski definition) is 2. The van der Waals surface area contributed by atoms with E-state index in [-0.39, 0.29) is 11.4 Å². The highest BCUT2D eigenvalue weighted by Gasteiger charge is 2.45. The molecule has 0 radical (unpaired) electrons. The first-order valence-corrected chi connectivity index (χ1v) is 13.2. The third-order valence-corrected chi connectivity index (χ3v) is 8.70. The number of rotatable bonds is 5. The normalized spacial score (nSPS) is 25.5. The smallest absolute Gasteiger partial charge is 0.261 e. The Morgan fingerprint density at radius 1 is 1.14 bits per heavy atom. The van der Waals surface area contributed by atoms with Crippen molar-refractivity contribution in [2.75, 3.05) is 31.6 Å². The number of carbonyl (C=O) groups excluding carboxylic acids is 1. The van der Waals surface area contributed by atoms with Crippen LogP contribution in [-0.4, -0.2) is 68.6 Å². The van der Waals surface area contributed by atoms with Crippen LogP contribution in [0.4, 0.5) is 5.82 Å². The zero-order valence-electron chi connectivity index (χ0n) is 20.1. The first-order chi connectivity index (χ1) is 17.3. The molecule has 190 valence electrons. The third-order valence-electron chi connectivity index (χ3n) is 8.00. The largest absolute Gasteiger partial charge is 0.389 e. The van der Waals surface area contributed by atoms with Gasteiger partial charge in [0.05, 0.1) is 42.7 Å². The van der Waals surface area contributed by atoms with Gasteiger partial charge in [0, 0.05) is 16.6 Å². The number of hydrogen-bond acceptors (Lipinski definition) is 6. The molecule has 0 bridgehead atoms. The van der Waals surface area contributed by atoms with Crippen LogP contribution in [0.1, 0.15) is 60.5 Å². The number of halogens is 2. The standard InChI is InChI=1S/C26H29Cl2N5O3/c1-26(14-36-13-22(26)34)32-6-4-15(5-7-32)19-8-16-10-23(29-11-17(16)9-21(19)27)31-25(35)20-12-30-33(24(20)28)18-2-3-18/h8-12,15,18,22,34H,2-7,13-14H2,1H3,(H,29,31,35). The van der Waals surface area contributed by atoms with Crippen molar-refractivity contribution >= 4 is 45.7 Å². The maximum Gasteiger partial charge on any atom is 0.261 e. The number of aromatic nitrogens is 3. The Morgan fingerprint density at radius 2 is 1.92 bits per heavy atom. The van der Waals surface area contributed by atoms with Crippen LogP contribution >= 0.6 is 23.2 Å². The Hall–Kier alpha value is -2.23. The number of aliphatic hydroxyl groups excluding tert-OH is 1. The van der Waals surface area contributed by atoms with Gasteiger partial charge in [0.25, 0.3) is 5.91 Å². The number of carbonyl (C=O) groups is 1. The van der Waals surface area contributed by atoms with Crippen LogP contribution in [-0.2, 0) is 4.74 Å². The molecule has 1 saturated carbocycles. The molecule has 2 saturated heterocycles. The molecule has 8 nitrogen and oxygen atoms in total. The highest BCUT2D eigenvalue weighted by Crippen LogP contribution is 2.39. The molecule has 1 amide bonds. The van der Waals surface area contributed by atoms with Gasteiger partial charge in [-0.3, -0.25) is 14.4 Å². The van der Waals surface area contributed by atoms with Crippen molar-refractivity contribution in [3.8, 4) is 0 Å². The molecule has 2 aromatic heterocycles. The number of pyridine rings is 1. The van der Waals surface area contributed by atoms with Gasteiger partial charge >= 0.3 is 0 Å². The van der Waals surface area contributed by atoms with Crippen molar-refractivity contribution in [3.63, 3.8) is 0 Å². The first-order valence-electron chi connectivity index (χ1n) is 12.5. The van der Waals surface area contributed by atoms with E-state index in [2.05, 4.69) is 33.3 Å². The van der Waals surface area contributed by atoms with Crippen molar-refractivity contribution < 1.29 is 14.6 Å². The minimum absolute atomic E-state index is 0.298. The summed E-state index contributed by atoms with van der Waals surface area (Å²) in [5, 5.41) is 20.5. The summed E-state index contributed by atoms with van der Waals surface area (Å²) in [5.41, 5.74) is 1.13. The van der Waals surface area contributed by atoms with Gasteiger partial charge in [0.1, 0.15) is 11.0 Å². The molecule has 4 heterocycles. The van der Waals surface area contributed by atoms with Crippen molar-refractivity contribution in [3.05, 3.63) is 51.9 Å². The minimum atomic E-state index is -0.461. The predicted octanol–water partition coefficient (Wildman–Crippen LogP) is 4.65. The second kappa shape index (κ2) is 9.26. The lowest BCUT2D eigenvalue weighted by Crippen LogP contribution is -2.56. The number of piperidine rings is 1. The SMILES string of the molecule is CC1(N2CCC(c3cc4cc(NC(=O)c5cnn(C6CC6)c5Cl)ncc4cc3Cl)CC2)COCC1O. The number of likely N-dealkylation sites (tertiary alicyclic amines) is 1. The molecule has 10 heteroatoms. The summed E-state index contributed by atoms with van der Waals surface area (Å²) >= 11 is 13.1. The van der Waals surface area contributed by atoms with Crippen LogP contribution in [0.2, 0.25) is 10.2 Å². The molecule has 3 fully saturated rings. The molecule has 3 aromatic rings. The molecule has 2 unspecified atom stereocenters. The van der Waals surface area contributed by atoms with Gasteiger partial charge in [0.15, 0.2) is 0 Å². The van der Waals surface area contributed by atoms with Crippen LogP contribution < -0.4 is 5.32 Å². The Bertz CT molecular complexity index is 1320. The minimum Gasteiger partial charge on any atom is -0.389 e. The number of nitrogens with zero attached hydrogens (tertiary/aromatic N) is 4. The van der Waals surface area contributed by atoms with Crippen molar-refractivity contribution in [2.45, 2.75) is 56.2 Å². The average Bonchev–Trinajstić information content (AvgIpc) is 3.55. The highest BCUT2D eigenvalue weighted by atomic mass is 35.5. The molecule has 1 aliphatic carbocycles. The van der Waals surface area contributed by atoms with Gasteiger partial charge in [-0.25, -0.2) is 4.98 Å². The molecule has 36 heavy (non-hydrogen) atoms. The monoisotopic (exact) mass is 529 g/mol. The van der Waals surface area contributed by atoms with E-state index in [1.165, 1.54) is 6.20 Å². The van der Waals surface area contributed by atoms with Crippen molar-refractivity contribution in [2.24, 2.45) is 0 Å². The number of benzene rings is 1. The Labute approximate surface area is 219 Å². The highest BCUT2D eigenvalue weighted by molar-refractivity contribution is 6.33. The molecule has 1 aromatic carbocycles. The molecule has 2 aliphatic heterocycles. The van der Waals surface area contributed by atoms with Gasteiger partial charge in [-0.2, -0.15) is 5.10 Å². The molecule has 3 aliphatic rings. The van der Waals surface area contributed by atoms with Gasteiger partial charge < -0.3 is 15.2 Å². The van der Waals surface area contributed by atoms with Gasteiger partial charge in [0.2, 0.25) is 0 Å². The fourth-order valence-electron chi connectivity index (χ4n) is 5.48. The summed E-state index contributed by atoms with van der Waals surface area (Å²) in [6.07, 6.45) is 6.75. The van der Waals surface area contributed by atoms with Gasteiger partial charge in [-0.15, -0.1) is 0 Å². The molecule has 2 atom stereocenters. The van der Waals surface area contributed by atoms with E-state index in [0.29, 0.717) is 41.7 Å². The fourth-order valence-corrected chi connectivity index (χ4v) is 6.12. The molecule has 2 N–H and O–H groups in total. The lowest BCUT2D eigenvalue weighted by atomic mass is 9.85. The lowest BCUT2D eigenvalue weighted by molar-refractivity contribution is -0.00211. The van der Waals surface area contributed by atoms with Crippen LogP contribution in [0.25, 0.3) is 10.8 Å². The van der Waals surface area contributed by atoms with E-state index in [1.807, 2.05) is 12.1 Å². The quantitative estimate of drug-likeness (QED) is 0.499. The zero-order chi connectivity index (χ0) is 25.0. The second-order valence-electron chi connectivity index (χ2n) is 10.4. The van der Waals surface area contributed by atoms with Crippen LogP contribution in [0.3, 0.4) is 0 Å². The van der Waals surface area contributed by atoms with E-state index in [1.54, 1.807) is 10.9 Å². The summed E-state index contributed by atoms with van der Waals surface area (Å²) < 4.78 is 7.24. The third kappa shape index (κ3) is 4.29. The van der Waals surface area contributed by atoms with E-state index in [4.69, 9.17) is 27.9 Å². The van der Waals surface area contributed by atoms with Crippen LogP contribution in [0.15, 0.2) is 30.6 Å². The predicted molar refractivity (Wildman–Crippen MR) is 139 cm³/mol. The van der Waals surface area contributed by atoms with E-state index < -0.39 is 6.10 Å². The van der Waals surface area contributed by atoms with Crippen molar-refractivity contribution in [1.82, 2.24) is 19.7 Å². The number of anilines is 1. The fraction of sp³-hybridized carbons (Fsp3) is 0.500. The summed E-state index contributed by atoms with van der Waals surface area (Å²) in [6.45, 7) is 4.80. The summed E-state index contributed by atoms with van der Waals surface area (Å²) in [5.74, 6) is 0.445. The topological polar surface area (TPSA) is 92.5 Å². The molecule has 6 rings (SSSR count). The second-order valence-corrected chi connectivity index (χ2v) is 11.2. The van der Waals surface area contributed by atoms with E-state index in [0.717, 1.165) is 60.1 Å². The summed E-state index contributed by atoms with van der Waals surface area (Å²) in [6, 6.07) is 6.23. The van der Waals surface area contributed by atoms with E-state index in [9.17, 15) is 9.90 Å². The van der Waals surface area contributed by atoms with Gasteiger partial charge in [-0.1, -0.05) is 23.2 Å². The zero-order valence-corrected chi connectivity index (χ0v) is 21.6. The number of fused-ring (bicyclic) bond motifs is 1. The Kier molecular flexibility index (Phi) is 6.20. The van der Waals surface area contributed by atoms with Gasteiger partial charge in [-0.05, 0) is 80.8 Å². The number of amides is 1. The number of aliphatic hydroxyl groups is 1. The average molecular weight is 530 g/mol. The van der Waals surface area contributed by atoms with Crippen LogP contribution in [0, 0.1) is 0 Å². The van der Waals surface area contributed by atoms with E-state index >= 15 is 0 Å². The number of nitrogens with one attached hydrogen (secondary N) is 1. The van der Waals surface area contributed by atoms with Crippen molar-refractivity contribution in [1.29, 1.82) is 0 Å². The molecule has 0 spiro atoms. The molecular formula is C26H29Cl2N5O3. The number of ether oxygens (including phenoxy) is 1. The maximum absolute atomic E-state index is 12.8. The first kappa shape index (κ1) is 24.1. The van der Waals surface area contributed by atoms with Crippen LogP contribution in [0.5, 0.6) is 0 Å². The maximum atomic E-state index is 12.8.